The van der Waals surface area contributed by atoms with Gasteiger partial charge in [0.2, 0.25) is 0 Å². The molecule has 1 saturated carbocycles. The van der Waals surface area contributed by atoms with Crippen LogP contribution in [0.2, 0.25) is 0 Å². The van der Waals surface area contributed by atoms with Gasteiger partial charge in [0.1, 0.15) is 5.60 Å². The van der Waals surface area contributed by atoms with Gasteiger partial charge in [-0.1, -0.05) is 0 Å². The summed E-state index contributed by atoms with van der Waals surface area (Å²) in [5.41, 5.74) is -0.394. The van der Waals surface area contributed by atoms with Gasteiger partial charge in [-0.2, -0.15) is 0 Å². The lowest BCUT2D eigenvalue weighted by molar-refractivity contribution is -0.150. The van der Waals surface area contributed by atoms with Crippen molar-refractivity contribution in [2.24, 2.45) is 5.92 Å². The van der Waals surface area contributed by atoms with Crippen molar-refractivity contribution in [3.63, 3.8) is 0 Å². The first-order valence-electron chi connectivity index (χ1n) is 4.77. The van der Waals surface area contributed by atoms with Gasteiger partial charge in [0.25, 0.3) is 0 Å². The van der Waals surface area contributed by atoms with E-state index in [1.165, 1.54) is 12.8 Å². The molecule has 1 aliphatic carbocycles. The van der Waals surface area contributed by atoms with E-state index in [4.69, 9.17) is 9.84 Å². The van der Waals surface area contributed by atoms with Crippen molar-refractivity contribution in [2.75, 3.05) is 19.7 Å². The summed E-state index contributed by atoms with van der Waals surface area (Å²) in [5, 5.41) is 11.8. The first kappa shape index (κ1) is 8.97. The van der Waals surface area contributed by atoms with Gasteiger partial charge >= 0.3 is 5.97 Å². The van der Waals surface area contributed by atoms with E-state index in [9.17, 15) is 4.79 Å². The van der Waals surface area contributed by atoms with Crippen LogP contribution in [-0.4, -0.2) is 36.4 Å². The molecule has 2 N–H and O–H groups in total. The van der Waals surface area contributed by atoms with Crippen LogP contribution in [-0.2, 0) is 9.53 Å². The Morgan fingerprint density at radius 1 is 1.54 bits per heavy atom. The highest BCUT2D eigenvalue weighted by Gasteiger charge is 2.41. The summed E-state index contributed by atoms with van der Waals surface area (Å²) in [6, 6.07) is 0. The van der Waals surface area contributed by atoms with Crippen molar-refractivity contribution in [1.29, 1.82) is 0 Å². The van der Waals surface area contributed by atoms with Crippen LogP contribution in [0.25, 0.3) is 0 Å². The molecule has 1 aliphatic heterocycles. The first-order valence-corrected chi connectivity index (χ1v) is 4.77. The first-order chi connectivity index (χ1) is 6.20. The molecule has 0 unspecified atom stereocenters. The zero-order valence-electron chi connectivity index (χ0n) is 7.58. The van der Waals surface area contributed by atoms with Crippen molar-refractivity contribution < 1.29 is 14.6 Å². The minimum absolute atomic E-state index is 0.132. The maximum atomic E-state index is 10.6. The summed E-state index contributed by atoms with van der Waals surface area (Å²) in [4.78, 5) is 10.6. The Balaban J connectivity index is 1.78. The van der Waals surface area contributed by atoms with Crippen LogP contribution in [0.1, 0.15) is 19.3 Å². The lowest BCUT2D eigenvalue weighted by atomic mass is 9.93. The second-order valence-electron chi connectivity index (χ2n) is 4.11. The molecule has 0 aromatic heterocycles. The quantitative estimate of drug-likeness (QED) is 0.643. The molecule has 4 nitrogen and oxygen atoms in total. The zero-order valence-corrected chi connectivity index (χ0v) is 7.58. The Morgan fingerprint density at radius 3 is 2.62 bits per heavy atom. The maximum Gasteiger partial charge on any atom is 0.306 e. The molecule has 0 aromatic rings. The number of hydrogen-bond donors (Lipinski definition) is 2. The van der Waals surface area contributed by atoms with E-state index in [-0.39, 0.29) is 6.42 Å². The third-order valence-corrected chi connectivity index (χ3v) is 2.69. The Morgan fingerprint density at radius 2 is 2.23 bits per heavy atom. The predicted molar refractivity (Wildman–Crippen MR) is 46.5 cm³/mol. The lowest BCUT2D eigenvalue weighted by Gasteiger charge is -2.41. The highest BCUT2D eigenvalue weighted by atomic mass is 16.5. The molecule has 0 spiro atoms. The lowest BCUT2D eigenvalue weighted by Crippen LogP contribution is -2.62. The fourth-order valence-electron chi connectivity index (χ4n) is 1.54. The van der Waals surface area contributed by atoms with E-state index < -0.39 is 11.6 Å². The molecule has 4 heteroatoms. The molecule has 0 amide bonds. The maximum absolute atomic E-state index is 10.6. The van der Waals surface area contributed by atoms with Gasteiger partial charge in [-0.05, 0) is 18.8 Å². The van der Waals surface area contributed by atoms with Gasteiger partial charge < -0.3 is 15.2 Å². The minimum atomic E-state index is -0.766. The van der Waals surface area contributed by atoms with E-state index in [1.54, 1.807) is 0 Å². The zero-order chi connectivity index (χ0) is 9.31. The molecule has 2 aliphatic rings. The van der Waals surface area contributed by atoms with E-state index in [0.29, 0.717) is 19.0 Å². The molecule has 0 radical (unpaired) electrons. The van der Waals surface area contributed by atoms with Gasteiger partial charge in [0, 0.05) is 13.1 Å². The molecule has 13 heavy (non-hydrogen) atoms. The number of ether oxygens (including phenoxy) is 1. The average molecular weight is 185 g/mol. The molecule has 2 rings (SSSR count). The van der Waals surface area contributed by atoms with Crippen LogP contribution in [0.4, 0.5) is 0 Å². The Labute approximate surface area is 77.3 Å². The highest BCUT2D eigenvalue weighted by Crippen LogP contribution is 2.32. The number of carbonyl (C=O) groups is 1. The van der Waals surface area contributed by atoms with Crippen molar-refractivity contribution in [3.8, 4) is 0 Å². The van der Waals surface area contributed by atoms with Gasteiger partial charge in [-0.3, -0.25) is 4.79 Å². The van der Waals surface area contributed by atoms with Crippen molar-refractivity contribution >= 4 is 5.97 Å². The topological polar surface area (TPSA) is 58.6 Å². The average Bonchev–Trinajstić information content (AvgIpc) is 2.76. The number of carboxylic acid groups (broad SMARTS) is 1. The van der Waals surface area contributed by atoms with Crippen LogP contribution in [0, 0.1) is 5.92 Å². The standard InChI is InChI=1S/C9H15NO3/c11-8(12)3-9(5-10-6-9)13-4-7-1-2-7/h7,10H,1-6H2,(H,11,12). The van der Waals surface area contributed by atoms with Gasteiger partial charge in [-0.25, -0.2) is 0 Å². The molecule has 2 fully saturated rings. The van der Waals surface area contributed by atoms with Crippen LogP contribution < -0.4 is 5.32 Å². The van der Waals surface area contributed by atoms with Gasteiger partial charge in [-0.15, -0.1) is 0 Å². The van der Waals surface area contributed by atoms with Gasteiger partial charge in [0.05, 0.1) is 13.0 Å². The number of nitrogens with one attached hydrogen (secondary N) is 1. The van der Waals surface area contributed by atoms with E-state index in [0.717, 1.165) is 6.61 Å². The molecule has 0 atom stereocenters. The third kappa shape index (κ3) is 2.19. The Kier molecular flexibility index (Phi) is 2.26. The third-order valence-electron chi connectivity index (χ3n) is 2.69. The summed E-state index contributed by atoms with van der Waals surface area (Å²) in [5.74, 6) is -0.0661. The van der Waals surface area contributed by atoms with E-state index in [1.807, 2.05) is 0 Å². The van der Waals surface area contributed by atoms with Gasteiger partial charge in [0.15, 0.2) is 0 Å². The van der Waals surface area contributed by atoms with Crippen LogP contribution in [0.3, 0.4) is 0 Å². The molecule has 74 valence electrons. The molecule has 0 aromatic carbocycles. The number of hydrogen-bond acceptors (Lipinski definition) is 3. The SMILES string of the molecule is O=C(O)CC1(OCC2CC2)CNC1. The van der Waals surface area contributed by atoms with E-state index in [2.05, 4.69) is 5.32 Å². The fourth-order valence-corrected chi connectivity index (χ4v) is 1.54. The second kappa shape index (κ2) is 3.27. The minimum Gasteiger partial charge on any atom is -0.481 e. The number of rotatable bonds is 5. The van der Waals surface area contributed by atoms with E-state index >= 15 is 0 Å². The summed E-state index contributed by atoms with van der Waals surface area (Å²) >= 11 is 0. The summed E-state index contributed by atoms with van der Waals surface area (Å²) < 4.78 is 5.66. The van der Waals surface area contributed by atoms with Crippen molar-refractivity contribution in [2.45, 2.75) is 24.9 Å². The van der Waals surface area contributed by atoms with Crippen molar-refractivity contribution in [1.82, 2.24) is 5.32 Å². The van der Waals surface area contributed by atoms with Crippen LogP contribution in [0.5, 0.6) is 0 Å². The second-order valence-corrected chi connectivity index (χ2v) is 4.11. The number of carboxylic acids is 1. The molecule has 1 heterocycles. The fraction of sp³-hybridized carbons (Fsp3) is 0.889. The largest absolute Gasteiger partial charge is 0.481 e. The molecule has 1 saturated heterocycles. The monoisotopic (exact) mass is 185 g/mol. The van der Waals surface area contributed by atoms with Crippen molar-refractivity contribution in [3.05, 3.63) is 0 Å². The summed E-state index contributed by atoms with van der Waals surface area (Å²) in [6.45, 7) is 2.12. The summed E-state index contributed by atoms with van der Waals surface area (Å²) in [6.07, 6.45) is 2.62. The predicted octanol–water partition coefficient (Wildman–Crippen LogP) is 0.230. The van der Waals surface area contributed by atoms with Crippen LogP contribution in [0.15, 0.2) is 0 Å². The molecular weight excluding hydrogens is 170 g/mol. The summed E-state index contributed by atoms with van der Waals surface area (Å²) in [7, 11) is 0. The molecular formula is C9H15NO3. The molecule has 0 bridgehead atoms. The Bertz CT molecular complexity index is 209. The smallest absolute Gasteiger partial charge is 0.306 e. The van der Waals surface area contributed by atoms with Crippen LogP contribution >= 0.6 is 0 Å². The highest BCUT2D eigenvalue weighted by molar-refractivity contribution is 5.68. The normalized spacial score (nSPS) is 25.2. The number of aliphatic carboxylic acids is 1. The Hall–Kier alpha value is -0.610.